The maximum absolute atomic E-state index is 4.24. The summed E-state index contributed by atoms with van der Waals surface area (Å²) < 4.78 is 0. The highest BCUT2D eigenvalue weighted by atomic mass is 15.1. The van der Waals surface area contributed by atoms with Crippen LogP contribution in [0.1, 0.15) is 18.1 Å². The zero-order valence-corrected chi connectivity index (χ0v) is 10.2. The van der Waals surface area contributed by atoms with Crippen molar-refractivity contribution in [1.82, 2.24) is 0 Å². The predicted molar refractivity (Wildman–Crippen MR) is 71.2 cm³/mol. The third-order valence-corrected chi connectivity index (χ3v) is 2.74. The molecule has 0 bridgehead atoms. The number of hydrogen-bond donors (Lipinski definition) is 0. The average Bonchev–Trinajstić information content (AvgIpc) is 2.38. The molecule has 0 N–H and O–H groups in total. The zero-order chi connectivity index (χ0) is 12.1. The van der Waals surface area contributed by atoms with E-state index >= 15 is 0 Å². The molecule has 2 aromatic carbocycles. The Morgan fingerprint density at radius 3 is 2.24 bits per heavy atom. The van der Waals surface area contributed by atoms with Crippen molar-refractivity contribution in [2.45, 2.75) is 20.3 Å². The van der Waals surface area contributed by atoms with Gasteiger partial charge in [-0.2, -0.15) is 10.2 Å². The molecule has 0 heterocycles. The molecule has 0 amide bonds. The summed E-state index contributed by atoms with van der Waals surface area (Å²) in [5, 5.41) is 8.44. The first-order chi connectivity index (χ1) is 8.29. The van der Waals surface area contributed by atoms with Crippen LogP contribution in [0.4, 0.5) is 11.4 Å². The van der Waals surface area contributed by atoms with Crippen molar-refractivity contribution < 1.29 is 0 Å². The Labute approximate surface area is 102 Å². The molecule has 86 valence electrons. The summed E-state index contributed by atoms with van der Waals surface area (Å²) in [6, 6.07) is 16.0. The lowest BCUT2D eigenvalue weighted by molar-refractivity contribution is 1.10. The fourth-order valence-electron chi connectivity index (χ4n) is 1.75. The highest BCUT2D eigenvalue weighted by Gasteiger charge is 1.97. The van der Waals surface area contributed by atoms with Crippen LogP contribution in [0.2, 0.25) is 0 Å². The van der Waals surface area contributed by atoms with E-state index in [1.165, 1.54) is 11.1 Å². The Morgan fingerprint density at radius 1 is 0.882 bits per heavy atom. The third-order valence-electron chi connectivity index (χ3n) is 2.74. The van der Waals surface area contributed by atoms with Gasteiger partial charge in [-0.25, -0.2) is 0 Å². The molecule has 0 aliphatic heterocycles. The summed E-state index contributed by atoms with van der Waals surface area (Å²) in [4.78, 5) is 0. The minimum Gasteiger partial charge on any atom is -0.151 e. The molecule has 0 aliphatic carbocycles. The van der Waals surface area contributed by atoms with Gasteiger partial charge >= 0.3 is 0 Å². The van der Waals surface area contributed by atoms with Crippen molar-refractivity contribution in [3.05, 3.63) is 59.7 Å². The van der Waals surface area contributed by atoms with Gasteiger partial charge in [-0.15, -0.1) is 0 Å². The minimum atomic E-state index is 0.879. The van der Waals surface area contributed by atoms with E-state index in [0.29, 0.717) is 0 Å². The Balaban J connectivity index is 2.19. The van der Waals surface area contributed by atoms with Gasteiger partial charge in [0.1, 0.15) is 0 Å². The van der Waals surface area contributed by atoms with Gasteiger partial charge in [0.2, 0.25) is 0 Å². The van der Waals surface area contributed by atoms with E-state index in [-0.39, 0.29) is 0 Å². The molecule has 0 fully saturated rings. The van der Waals surface area contributed by atoms with Gasteiger partial charge in [-0.05, 0) is 48.7 Å². The van der Waals surface area contributed by atoms with Gasteiger partial charge in [0.05, 0.1) is 11.4 Å². The van der Waals surface area contributed by atoms with Gasteiger partial charge < -0.3 is 0 Å². The van der Waals surface area contributed by atoms with Crippen molar-refractivity contribution in [2.75, 3.05) is 0 Å². The second kappa shape index (κ2) is 5.39. The summed E-state index contributed by atoms with van der Waals surface area (Å²) in [6.45, 7) is 4.27. The van der Waals surface area contributed by atoms with Crippen molar-refractivity contribution in [2.24, 2.45) is 10.2 Å². The fourth-order valence-corrected chi connectivity index (χ4v) is 1.75. The number of benzene rings is 2. The molecule has 0 aliphatic rings. The van der Waals surface area contributed by atoms with E-state index in [0.717, 1.165) is 17.8 Å². The normalized spacial score (nSPS) is 10.9. The highest BCUT2D eigenvalue weighted by molar-refractivity contribution is 5.44. The molecule has 0 radical (unpaired) electrons. The Bertz CT molecular complexity index is 516. The Morgan fingerprint density at radius 2 is 1.59 bits per heavy atom. The molecular formula is C15H16N2. The number of hydrogen-bond acceptors (Lipinski definition) is 2. The molecule has 0 saturated carbocycles. The lowest BCUT2D eigenvalue weighted by atomic mass is 10.1. The van der Waals surface area contributed by atoms with Crippen molar-refractivity contribution in [3.63, 3.8) is 0 Å². The smallest absolute Gasteiger partial charge is 0.0859 e. The van der Waals surface area contributed by atoms with Gasteiger partial charge in [-0.3, -0.25) is 0 Å². The number of rotatable bonds is 3. The van der Waals surface area contributed by atoms with Crippen LogP contribution in [0.3, 0.4) is 0 Å². The van der Waals surface area contributed by atoms with E-state index in [9.17, 15) is 0 Å². The van der Waals surface area contributed by atoms with E-state index in [2.05, 4.69) is 36.2 Å². The Kier molecular flexibility index (Phi) is 3.66. The summed E-state index contributed by atoms with van der Waals surface area (Å²) >= 11 is 0. The molecule has 2 aromatic rings. The van der Waals surface area contributed by atoms with Crippen LogP contribution < -0.4 is 0 Å². The first-order valence-electron chi connectivity index (χ1n) is 5.86. The van der Waals surface area contributed by atoms with Crippen molar-refractivity contribution in [3.8, 4) is 0 Å². The summed E-state index contributed by atoms with van der Waals surface area (Å²) in [5.74, 6) is 0. The van der Waals surface area contributed by atoms with Gasteiger partial charge in [0.25, 0.3) is 0 Å². The van der Waals surface area contributed by atoms with Crippen molar-refractivity contribution in [1.29, 1.82) is 0 Å². The second-order valence-corrected chi connectivity index (χ2v) is 4.00. The maximum Gasteiger partial charge on any atom is 0.0859 e. The van der Waals surface area contributed by atoms with Gasteiger partial charge in [-0.1, -0.05) is 31.2 Å². The van der Waals surface area contributed by atoms with Crippen LogP contribution >= 0.6 is 0 Å². The molecule has 2 rings (SSSR count). The lowest BCUT2D eigenvalue weighted by Gasteiger charge is -2.02. The molecule has 17 heavy (non-hydrogen) atoms. The SMILES string of the molecule is CCc1ccc(N=Nc2ccccc2)cc1C. The van der Waals surface area contributed by atoms with Crippen molar-refractivity contribution >= 4 is 11.4 Å². The molecular weight excluding hydrogens is 208 g/mol. The van der Waals surface area contributed by atoms with E-state index in [1.54, 1.807) is 0 Å². The largest absolute Gasteiger partial charge is 0.151 e. The number of azo groups is 1. The standard InChI is InChI=1S/C15H16N2/c1-3-13-9-10-15(11-12(13)2)17-16-14-7-5-4-6-8-14/h4-11H,3H2,1-2H3. The molecule has 2 heteroatoms. The lowest BCUT2D eigenvalue weighted by Crippen LogP contribution is -1.84. The van der Waals surface area contributed by atoms with Crippen LogP contribution in [0, 0.1) is 6.92 Å². The van der Waals surface area contributed by atoms with Crippen LogP contribution in [0.25, 0.3) is 0 Å². The Hall–Kier alpha value is -1.96. The second-order valence-electron chi connectivity index (χ2n) is 4.00. The van der Waals surface area contributed by atoms with Gasteiger partial charge in [0, 0.05) is 0 Å². The average molecular weight is 224 g/mol. The number of nitrogens with zero attached hydrogens (tertiary/aromatic N) is 2. The molecule has 0 unspecified atom stereocenters. The summed E-state index contributed by atoms with van der Waals surface area (Å²) in [7, 11) is 0. The number of aryl methyl sites for hydroxylation is 2. The summed E-state index contributed by atoms with van der Waals surface area (Å²) in [6.07, 6.45) is 1.06. The quantitative estimate of drug-likeness (QED) is 0.657. The molecule has 0 saturated heterocycles. The molecule has 0 spiro atoms. The first kappa shape index (κ1) is 11.5. The molecule has 2 nitrogen and oxygen atoms in total. The van der Waals surface area contributed by atoms with E-state index in [1.807, 2.05) is 36.4 Å². The third kappa shape index (κ3) is 3.00. The fraction of sp³-hybridized carbons (Fsp3) is 0.200. The minimum absolute atomic E-state index is 0.879. The first-order valence-corrected chi connectivity index (χ1v) is 5.86. The summed E-state index contributed by atoms with van der Waals surface area (Å²) in [5.41, 5.74) is 4.42. The zero-order valence-electron chi connectivity index (χ0n) is 10.2. The van der Waals surface area contributed by atoms with E-state index in [4.69, 9.17) is 0 Å². The monoisotopic (exact) mass is 224 g/mol. The maximum atomic E-state index is 4.24. The van der Waals surface area contributed by atoms with E-state index < -0.39 is 0 Å². The van der Waals surface area contributed by atoms with Gasteiger partial charge in [0.15, 0.2) is 0 Å². The highest BCUT2D eigenvalue weighted by Crippen LogP contribution is 2.21. The molecule has 0 atom stereocenters. The van der Waals surface area contributed by atoms with Crippen LogP contribution in [-0.4, -0.2) is 0 Å². The topological polar surface area (TPSA) is 24.7 Å². The predicted octanol–water partition coefficient (Wildman–Crippen LogP) is 4.97. The van der Waals surface area contributed by atoms with Crippen LogP contribution in [-0.2, 0) is 6.42 Å². The van der Waals surface area contributed by atoms with Crippen LogP contribution in [0.15, 0.2) is 58.8 Å². The molecule has 0 aromatic heterocycles. The van der Waals surface area contributed by atoms with Crippen LogP contribution in [0.5, 0.6) is 0 Å².